The number of ether oxygens (including phenoxy) is 2. The molecule has 0 spiro atoms. The number of para-hydroxylation sites is 1. The lowest BCUT2D eigenvalue weighted by atomic mass is 9.88. The summed E-state index contributed by atoms with van der Waals surface area (Å²) in [6.07, 6.45) is 3.28. The highest BCUT2D eigenvalue weighted by molar-refractivity contribution is 6.30. The fraction of sp³-hybridized carbons (Fsp3) is 0.312. The molecule has 7 rings (SSSR count). The molecule has 2 aromatic heterocycles. The molecule has 12 heteroatoms. The van der Waals surface area contributed by atoms with Crippen molar-refractivity contribution in [2.45, 2.75) is 44.6 Å². The number of aromatic nitrogens is 5. The van der Waals surface area contributed by atoms with Crippen LogP contribution >= 0.6 is 11.6 Å². The van der Waals surface area contributed by atoms with Gasteiger partial charge in [0.1, 0.15) is 23.8 Å². The van der Waals surface area contributed by atoms with Crippen LogP contribution in [-0.4, -0.2) is 53.4 Å². The predicted octanol–water partition coefficient (Wildman–Crippen LogP) is 5.73. The number of imidazole rings is 1. The number of carbonyl (C=O) groups is 1. The summed E-state index contributed by atoms with van der Waals surface area (Å²) in [6, 6.07) is 15.4. The summed E-state index contributed by atoms with van der Waals surface area (Å²) in [4.78, 5) is 23.3. The van der Waals surface area contributed by atoms with Gasteiger partial charge in [-0.1, -0.05) is 23.7 Å². The minimum absolute atomic E-state index is 0.209. The number of nitrogens with zero attached hydrogens (tertiary/aromatic N) is 6. The lowest BCUT2D eigenvalue weighted by Gasteiger charge is -2.32. The van der Waals surface area contributed by atoms with Crippen molar-refractivity contribution in [1.82, 2.24) is 29.2 Å². The zero-order valence-corrected chi connectivity index (χ0v) is 25.0. The van der Waals surface area contributed by atoms with Crippen molar-refractivity contribution >= 4 is 28.6 Å². The van der Waals surface area contributed by atoms with Crippen LogP contribution in [-0.2, 0) is 25.9 Å². The highest BCUT2D eigenvalue weighted by Crippen LogP contribution is 2.49. The first-order chi connectivity index (χ1) is 21.2. The zero-order chi connectivity index (χ0) is 30.6. The molecule has 1 N–H and O–H groups in total. The van der Waals surface area contributed by atoms with E-state index in [1.54, 1.807) is 41.9 Å². The third kappa shape index (κ3) is 5.05. The normalized spacial score (nSPS) is 18.7. The van der Waals surface area contributed by atoms with Crippen LogP contribution in [0.2, 0.25) is 5.02 Å². The second-order valence-corrected chi connectivity index (χ2v) is 11.9. The molecule has 1 unspecified atom stereocenters. The maximum atomic E-state index is 14.8. The molecule has 0 amide bonds. The summed E-state index contributed by atoms with van der Waals surface area (Å²) < 4.78 is 31.1. The van der Waals surface area contributed by atoms with Crippen molar-refractivity contribution in [3.8, 4) is 11.5 Å². The molecular formula is C32H30ClFN6O4. The van der Waals surface area contributed by atoms with Gasteiger partial charge in [0.2, 0.25) is 0 Å². The topological polar surface area (TPSA) is 108 Å². The number of carboxylic acid groups (broad SMARTS) is 1. The van der Waals surface area contributed by atoms with Gasteiger partial charge in [-0.25, -0.2) is 19.2 Å². The summed E-state index contributed by atoms with van der Waals surface area (Å²) in [5.41, 5.74) is 3.03. The van der Waals surface area contributed by atoms with Crippen LogP contribution in [0.25, 0.3) is 11.0 Å². The van der Waals surface area contributed by atoms with Gasteiger partial charge in [0, 0.05) is 24.6 Å². The van der Waals surface area contributed by atoms with Gasteiger partial charge in [-0.05, 0) is 74.3 Å². The van der Waals surface area contributed by atoms with E-state index in [9.17, 15) is 14.3 Å². The van der Waals surface area contributed by atoms with Crippen molar-refractivity contribution in [1.29, 1.82) is 0 Å². The Kier molecular flexibility index (Phi) is 7.01. The Labute approximate surface area is 257 Å². The Hall–Kier alpha value is -4.48. The average Bonchev–Trinajstić information content (AvgIpc) is 3.67. The molecule has 2 aliphatic heterocycles. The van der Waals surface area contributed by atoms with Crippen LogP contribution in [0.4, 0.5) is 4.39 Å². The second-order valence-electron chi connectivity index (χ2n) is 11.4. The minimum Gasteiger partial charge on any atom is -0.478 e. The van der Waals surface area contributed by atoms with Gasteiger partial charge in [0.15, 0.2) is 11.5 Å². The van der Waals surface area contributed by atoms with E-state index in [0.717, 1.165) is 54.2 Å². The Morgan fingerprint density at radius 1 is 1.09 bits per heavy atom. The summed E-state index contributed by atoms with van der Waals surface area (Å²) in [5, 5.41) is 14.1. The largest absolute Gasteiger partial charge is 0.478 e. The van der Waals surface area contributed by atoms with Crippen molar-refractivity contribution in [3.05, 3.63) is 100 Å². The fourth-order valence-electron chi connectivity index (χ4n) is 6.25. The number of halogens is 2. The molecule has 1 saturated heterocycles. The monoisotopic (exact) mass is 616 g/mol. The van der Waals surface area contributed by atoms with Crippen molar-refractivity contribution in [3.63, 3.8) is 0 Å². The highest BCUT2D eigenvalue weighted by atomic mass is 35.5. The van der Waals surface area contributed by atoms with E-state index in [-0.39, 0.29) is 11.5 Å². The lowest BCUT2D eigenvalue weighted by Crippen LogP contribution is -2.34. The molecule has 44 heavy (non-hydrogen) atoms. The number of likely N-dealkylation sites (tertiary alicyclic amines) is 1. The summed E-state index contributed by atoms with van der Waals surface area (Å²) >= 11 is 5.97. The number of rotatable bonds is 7. The molecule has 5 aromatic rings. The first-order valence-corrected chi connectivity index (χ1v) is 14.8. The molecular weight excluding hydrogens is 587 g/mol. The first kappa shape index (κ1) is 28.3. The Morgan fingerprint density at radius 3 is 2.64 bits per heavy atom. The third-order valence-corrected chi connectivity index (χ3v) is 8.84. The van der Waals surface area contributed by atoms with E-state index in [1.165, 1.54) is 12.4 Å². The summed E-state index contributed by atoms with van der Waals surface area (Å²) in [7, 11) is 1.83. The molecule has 1 atom stereocenters. The number of fused-ring (bicyclic) bond motifs is 2. The number of carboxylic acids is 1. The number of hydrogen-bond donors (Lipinski definition) is 1. The van der Waals surface area contributed by atoms with Crippen LogP contribution in [0.3, 0.4) is 0 Å². The van der Waals surface area contributed by atoms with Gasteiger partial charge < -0.3 is 19.1 Å². The van der Waals surface area contributed by atoms with Crippen LogP contribution in [0.15, 0.2) is 60.9 Å². The van der Waals surface area contributed by atoms with Gasteiger partial charge in [0.25, 0.3) is 5.79 Å². The molecule has 0 bridgehead atoms. The van der Waals surface area contributed by atoms with Crippen LogP contribution in [0.5, 0.6) is 11.5 Å². The molecule has 0 saturated carbocycles. The van der Waals surface area contributed by atoms with E-state index in [2.05, 4.69) is 21.0 Å². The van der Waals surface area contributed by atoms with Crippen LogP contribution in [0.1, 0.15) is 58.8 Å². The van der Waals surface area contributed by atoms with E-state index < -0.39 is 17.6 Å². The maximum Gasteiger partial charge on any atom is 0.335 e. The Bertz CT molecular complexity index is 1900. The lowest BCUT2D eigenvalue weighted by molar-refractivity contribution is -0.0712. The summed E-state index contributed by atoms with van der Waals surface area (Å²) in [6.45, 7) is 4.39. The SMILES string of the molecule is Cn1ncnc1Cn1c(CN2CCC(c3cccc4c3OC(C)(c3ccc(Cl)cc3F)O4)CC2)nc2ccc(C(=O)O)cc21. The number of aryl methyl sites for hydroxylation is 1. The van der Waals surface area contributed by atoms with Gasteiger partial charge in [-0.15, -0.1) is 0 Å². The van der Waals surface area contributed by atoms with E-state index in [1.807, 2.05) is 23.7 Å². The molecule has 3 aromatic carbocycles. The van der Waals surface area contributed by atoms with Crippen molar-refractivity contribution < 1.29 is 23.8 Å². The van der Waals surface area contributed by atoms with Crippen molar-refractivity contribution in [2.75, 3.05) is 13.1 Å². The minimum atomic E-state index is -1.30. The standard InChI is InChI=1S/C32H30ClFN6O4/c1-32(23-8-7-21(33)15-24(23)34)43-27-5-3-4-22(30(27)44-32)19-10-12-39(13-11-19)16-29-37-25-9-6-20(31(41)42)14-26(25)40(29)17-28-35-18-36-38(28)2/h3-9,14-15,18-19H,10-13,16-17H2,1-2H3,(H,41,42). The quantitative estimate of drug-likeness (QED) is 0.247. The number of piperidine rings is 1. The molecule has 0 radical (unpaired) electrons. The van der Waals surface area contributed by atoms with Gasteiger partial charge in [-0.2, -0.15) is 5.10 Å². The number of benzene rings is 3. The second kappa shape index (κ2) is 10.9. The van der Waals surface area contributed by atoms with Gasteiger partial charge in [-0.3, -0.25) is 9.58 Å². The molecule has 1 fully saturated rings. The zero-order valence-electron chi connectivity index (χ0n) is 24.2. The molecule has 10 nitrogen and oxygen atoms in total. The average molecular weight is 617 g/mol. The van der Waals surface area contributed by atoms with E-state index in [0.29, 0.717) is 35.2 Å². The molecule has 4 heterocycles. The van der Waals surface area contributed by atoms with Gasteiger partial charge >= 0.3 is 5.97 Å². The van der Waals surface area contributed by atoms with Crippen LogP contribution < -0.4 is 9.47 Å². The molecule has 226 valence electrons. The summed E-state index contributed by atoms with van der Waals surface area (Å²) in [5.74, 6) is 0.309. The van der Waals surface area contributed by atoms with Gasteiger partial charge in [0.05, 0.1) is 35.2 Å². The fourth-order valence-corrected chi connectivity index (χ4v) is 6.41. The highest BCUT2D eigenvalue weighted by Gasteiger charge is 2.43. The maximum absolute atomic E-state index is 14.8. The van der Waals surface area contributed by atoms with E-state index >= 15 is 0 Å². The van der Waals surface area contributed by atoms with Crippen LogP contribution in [0, 0.1) is 5.82 Å². The first-order valence-electron chi connectivity index (χ1n) is 14.4. The Morgan fingerprint density at radius 2 is 1.91 bits per heavy atom. The Balaban J connectivity index is 1.10. The smallest absolute Gasteiger partial charge is 0.335 e. The number of hydrogen-bond acceptors (Lipinski definition) is 7. The molecule has 0 aliphatic carbocycles. The predicted molar refractivity (Wildman–Crippen MR) is 161 cm³/mol. The van der Waals surface area contributed by atoms with E-state index in [4.69, 9.17) is 26.1 Å². The molecule has 2 aliphatic rings. The number of aromatic carboxylic acids is 1. The van der Waals surface area contributed by atoms with Crippen molar-refractivity contribution in [2.24, 2.45) is 7.05 Å². The third-order valence-electron chi connectivity index (χ3n) is 8.60.